The van der Waals surface area contributed by atoms with Crippen molar-refractivity contribution >= 4 is 32.8 Å². The van der Waals surface area contributed by atoms with Crippen LogP contribution in [0.15, 0.2) is 81.3 Å². The number of carbonyl (C=O) groups excluding carboxylic acids is 2. The van der Waals surface area contributed by atoms with Crippen LogP contribution >= 0.6 is 0 Å². The standard InChI is InChI=1S/C27H27N3O5S/c31-26(13-19-5-2-1-3-6-19)30-11-4-7-24(30)27(32)28-15-21-17-29(18-22(21)16-28)36(33,34)23-8-9-25-20(14-23)10-12-35-25/h1-3,5-6,8-10,12,14,24H,4,7,11,13,15-18H2/t24-/m0/s1. The Morgan fingerprint density at radius 2 is 1.69 bits per heavy atom. The highest BCUT2D eigenvalue weighted by Crippen LogP contribution is 2.32. The first-order valence-electron chi connectivity index (χ1n) is 12.2. The fraction of sp³-hybridized carbons (Fsp3) is 0.333. The van der Waals surface area contributed by atoms with Gasteiger partial charge in [-0.2, -0.15) is 4.31 Å². The number of nitrogens with zero attached hydrogens (tertiary/aromatic N) is 3. The largest absolute Gasteiger partial charge is 0.464 e. The van der Waals surface area contributed by atoms with E-state index in [2.05, 4.69) is 0 Å². The van der Waals surface area contributed by atoms with Crippen LogP contribution in [0.25, 0.3) is 11.0 Å². The minimum atomic E-state index is -3.66. The predicted octanol–water partition coefficient (Wildman–Crippen LogP) is 2.81. The minimum absolute atomic E-state index is 0.0244. The molecule has 0 radical (unpaired) electrons. The van der Waals surface area contributed by atoms with Crippen molar-refractivity contribution in [1.82, 2.24) is 14.1 Å². The van der Waals surface area contributed by atoms with Crippen molar-refractivity contribution in [3.63, 3.8) is 0 Å². The van der Waals surface area contributed by atoms with Gasteiger partial charge in [0, 0.05) is 38.1 Å². The van der Waals surface area contributed by atoms with Crippen molar-refractivity contribution < 1.29 is 22.4 Å². The van der Waals surface area contributed by atoms with Gasteiger partial charge < -0.3 is 14.2 Å². The molecule has 1 aromatic heterocycles. The van der Waals surface area contributed by atoms with Gasteiger partial charge in [-0.05, 0) is 53.8 Å². The highest BCUT2D eigenvalue weighted by atomic mass is 32.2. The molecule has 1 fully saturated rings. The van der Waals surface area contributed by atoms with Crippen LogP contribution in [0.4, 0.5) is 0 Å². The number of hydrogen-bond acceptors (Lipinski definition) is 5. The summed E-state index contributed by atoms with van der Waals surface area (Å²) in [4.78, 5) is 30.1. The van der Waals surface area contributed by atoms with E-state index >= 15 is 0 Å². The molecule has 0 saturated carbocycles. The average Bonchev–Trinajstić information content (AvgIpc) is 3.66. The lowest BCUT2D eigenvalue weighted by Gasteiger charge is -2.29. The van der Waals surface area contributed by atoms with Crippen LogP contribution in [0.5, 0.6) is 0 Å². The lowest BCUT2D eigenvalue weighted by atomic mass is 10.1. The van der Waals surface area contributed by atoms with E-state index in [1.165, 1.54) is 4.31 Å². The second-order valence-corrected chi connectivity index (χ2v) is 11.6. The van der Waals surface area contributed by atoms with Gasteiger partial charge in [-0.25, -0.2) is 8.42 Å². The molecular weight excluding hydrogens is 478 g/mol. The van der Waals surface area contributed by atoms with Gasteiger partial charge >= 0.3 is 0 Å². The molecule has 4 heterocycles. The average molecular weight is 506 g/mol. The lowest BCUT2D eigenvalue weighted by Crippen LogP contribution is -2.48. The van der Waals surface area contributed by atoms with Gasteiger partial charge in [0.05, 0.1) is 17.6 Å². The number of likely N-dealkylation sites (tertiary alicyclic amines) is 1. The van der Waals surface area contributed by atoms with E-state index in [1.807, 2.05) is 30.3 Å². The molecule has 6 rings (SSSR count). The van der Waals surface area contributed by atoms with E-state index in [1.54, 1.807) is 40.3 Å². The van der Waals surface area contributed by atoms with Crippen LogP contribution in [0.3, 0.4) is 0 Å². The summed E-state index contributed by atoms with van der Waals surface area (Å²) < 4.78 is 33.3. The minimum Gasteiger partial charge on any atom is -0.464 e. The number of amides is 2. The molecule has 0 spiro atoms. The normalized spacial score (nSPS) is 20.5. The van der Waals surface area contributed by atoms with Crippen LogP contribution in [-0.4, -0.2) is 73.1 Å². The van der Waals surface area contributed by atoms with Crippen molar-refractivity contribution in [2.45, 2.75) is 30.2 Å². The number of sulfonamides is 1. The van der Waals surface area contributed by atoms with Crippen molar-refractivity contribution in [2.75, 3.05) is 32.7 Å². The topological polar surface area (TPSA) is 91.1 Å². The molecule has 8 nitrogen and oxygen atoms in total. The van der Waals surface area contributed by atoms with E-state index in [4.69, 9.17) is 4.42 Å². The molecule has 186 valence electrons. The van der Waals surface area contributed by atoms with E-state index in [0.29, 0.717) is 31.6 Å². The van der Waals surface area contributed by atoms with Crippen LogP contribution in [0, 0.1) is 0 Å². The zero-order chi connectivity index (χ0) is 24.9. The summed E-state index contributed by atoms with van der Waals surface area (Å²) in [5, 5.41) is 0.746. The van der Waals surface area contributed by atoms with Gasteiger partial charge in [-0.15, -0.1) is 0 Å². The van der Waals surface area contributed by atoms with Crippen LogP contribution in [-0.2, 0) is 26.0 Å². The summed E-state index contributed by atoms with van der Waals surface area (Å²) in [5.41, 5.74) is 3.55. The Morgan fingerprint density at radius 1 is 0.944 bits per heavy atom. The number of carbonyl (C=O) groups is 2. The molecule has 1 saturated heterocycles. The summed E-state index contributed by atoms with van der Waals surface area (Å²) in [6.45, 7) is 1.99. The van der Waals surface area contributed by atoms with Crippen LogP contribution in [0.2, 0.25) is 0 Å². The second-order valence-electron chi connectivity index (χ2n) is 9.70. The number of rotatable bonds is 5. The predicted molar refractivity (Wildman–Crippen MR) is 133 cm³/mol. The Labute approximate surface area is 209 Å². The molecule has 3 aliphatic rings. The molecule has 0 bridgehead atoms. The maximum absolute atomic E-state index is 13.4. The SMILES string of the molecule is O=C([C@@H]1CCCN1C(=O)Cc1ccccc1)N1CC2=C(C1)CN(S(=O)(=O)c1ccc3occc3c1)C2. The third-order valence-corrected chi connectivity index (χ3v) is 9.22. The zero-order valence-electron chi connectivity index (χ0n) is 19.8. The van der Waals surface area contributed by atoms with Crippen molar-refractivity contribution in [3.05, 3.63) is 77.6 Å². The van der Waals surface area contributed by atoms with Gasteiger partial charge in [0.15, 0.2) is 0 Å². The molecule has 36 heavy (non-hydrogen) atoms. The second kappa shape index (κ2) is 8.90. The van der Waals surface area contributed by atoms with Crippen molar-refractivity contribution in [1.29, 1.82) is 0 Å². The summed E-state index contributed by atoms with van der Waals surface area (Å²) in [6.07, 6.45) is 3.30. The van der Waals surface area contributed by atoms with Gasteiger partial charge in [-0.1, -0.05) is 30.3 Å². The van der Waals surface area contributed by atoms with Gasteiger partial charge in [0.25, 0.3) is 0 Å². The first kappa shape index (κ1) is 23.0. The maximum Gasteiger partial charge on any atom is 0.245 e. The fourth-order valence-electron chi connectivity index (χ4n) is 5.53. The highest BCUT2D eigenvalue weighted by Gasteiger charge is 2.42. The molecule has 0 N–H and O–H groups in total. The molecule has 3 aliphatic heterocycles. The molecule has 2 aromatic carbocycles. The van der Waals surface area contributed by atoms with Gasteiger partial charge in [0.1, 0.15) is 11.6 Å². The maximum atomic E-state index is 13.4. The van der Waals surface area contributed by atoms with Crippen LogP contribution in [0.1, 0.15) is 18.4 Å². The Morgan fingerprint density at radius 3 is 2.44 bits per heavy atom. The summed E-state index contributed by atoms with van der Waals surface area (Å²) in [6, 6.07) is 15.8. The van der Waals surface area contributed by atoms with E-state index < -0.39 is 16.1 Å². The molecular formula is C27H27N3O5S. The lowest BCUT2D eigenvalue weighted by molar-refractivity contribution is -0.142. The molecule has 2 amide bonds. The quantitative estimate of drug-likeness (QED) is 0.498. The van der Waals surface area contributed by atoms with Gasteiger partial charge in [0.2, 0.25) is 21.8 Å². The smallest absolute Gasteiger partial charge is 0.245 e. The number of hydrogen-bond donors (Lipinski definition) is 0. The first-order valence-corrected chi connectivity index (χ1v) is 13.6. The summed E-state index contributed by atoms with van der Waals surface area (Å²) >= 11 is 0. The van der Waals surface area contributed by atoms with Crippen molar-refractivity contribution in [2.24, 2.45) is 0 Å². The fourth-order valence-corrected chi connectivity index (χ4v) is 7.00. The van der Waals surface area contributed by atoms with E-state index in [9.17, 15) is 18.0 Å². The molecule has 0 unspecified atom stereocenters. The zero-order valence-corrected chi connectivity index (χ0v) is 20.6. The Kier molecular flexibility index (Phi) is 5.69. The van der Waals surface area contributed by atoms with Crippen LogP contribution < -0.4 is 0 Å². The monoisotopic (exact) mass is 505 g/mol. The third-order valence-electron chi connectivity index (χ3n) is 7.43. The highest BCUT2D eigenvalue weighted by molar-refractivity contribution is 7.89. The van der Waals surface area contributed by atoms with Gasteiger partial charge in [-0.3, -0.25) is 9.59 Å². The molecule has 0 aliphatic carbocycles. The first-order chi connectivity index (χ1) is 17.4. The molecule has 3 aromatic rings. The third kappa shape index (κ3) is 4.02. The Hall–Kier alpha value is -3.43. The van der Waals surface area contributed by atoms with Crippen molar-refractivity contribution in [3.8, 4) is 0 Å². The Bertz CT molecular complexity index is 1460. The Balaban J connectivity index is 1.10. The number of benzene rings is 2. The number of furan rings is 1. The van der Waals surface area contributed by atoms with E-state index in [0.717, 1.165) is 28.5 Å². The summed E-state index contributed by atoms with van der Waals surface area (Å²) in [7, 11) is -3.66. The van der Waals surface area contributed by atoms with E-state index in [-0.39, 0.29) is 36.2 Å². The number of fused-ring (bicyclic) bond motifs is 1. The summed E-state index contributed by atoms with van der Waals surface area (Å²) in [5.74, 6) is -0.0632. The molecule has 9 heteroatoms. The molecule has 1 atom stereocenters.